The van der Waals surface area contributed by atoms with Gasteiger partial charge in [-0.3, -0.25) is 0 Å². The van der Waals surface area contributed by atoms with Crippen molar-refractivity contribution in [2.75, 3.05) is 13.1 Å². The number of nitrogens with one attached hydrogen (secondary N) is 2. The quantitative estimate of drug-likeness (QED) is 0.292. The zero-order valence-corrected chi connectivity index (χ0v) is 17.2. The molecule has 3 N–H and O–H groups in total. The molecule has 3 rings (SSSR count). The summed E-state index contributed by atoms with van der Waals surface area (Å²) in [6.45, 7) is 5.08. The van der Waals surface area contributed by atoms with Gasteiger partial charge in [0.25, 0.3) is 0 Å². The van der Waals surface area contributed by atoms with Gasteiger partial charge in [0.2, 0.25) is 0 Å². The minimum absolute atomic E-state index is 0. The highest BCUT2D eigenvalue weighted by Gasteiger charge is 2.26. The first-order valence-corrected chi connectivity index (χ1v) is 8.34. The number of hydrogen-bond acceptors (Lipinski definition) is 4. The fourth-order valence-corrected chi connectivity index (χ4v) is 2.54. The molecule has 1 atom stereocenters. The van der Waals surface area contributed by atoms with Gasteiger partial charge in [0.05, 0.1) is 12.8 Å². The molecule has 7 heteroatoms. The van der Waals surface area contributed by atoms with Crippen LogP contribution in [-0.4, -0.2) is 24.2 Å². The first kappa shape index (κ1) is 20.3. The number of aliphatic imine (C=N–C) groups is 1. The number of hydrogen-bond donors (Lipinski definition) is 3. The number of fused-ring (bicyclic) bond motifs is 1. The van der Waals surface area contributed by atoms with Crippen LogP contribution in [0.25, 0.3) is 11.0 Å². The molecular formula is C19H24IN3O3. The van der Waals surface area contributed by atoms with E-state index in [1.165, 1.54) is 0 Å². The summed E-state index contributed by atoms with van der Waals surface area (Å²) in [5, 5.41) is 17.9. The summed E-state index contributed by atoms with van der Waals surface area (Å²) in [4.78, 5) is 4.52. The Kier molecular flexibility index (Phi) is 7.10. The van der Waals surface area contributed by atoms with Crippen LogP contribution in [0, 0.1) is 0 Å². The molecule has 140 valence electrons. The molecule has 0 saturated heterocycles. The molecule has 0 amide bonds. The lowest BCUT2D eigenvalue weighted by Gasteiger charge is -2.22. The predicted molar refractivity (Wildman–Crippen MR) is 113 cm³/mol. The molecule has 2 aromatic heterocycles. The van der Waals surface area contributed by atoms with Crippen molar-refractivity contribution in [2.45, 2.75) is 26.0 Å². The van der Waals surface area contributed by atoms with Gasteiger partial charge in [0, 0.05) is 11.9 Å². The molecule has 0 aliphatic carbocycles. The van der Waals surface area contributed by atoms with Gasteiger partial charge in [-0.25, -0.2) is 4.99 Å². The normalized spacial score (nSPS) is 13.9. The fourth-order valence-electron chi connectivity index (χ4n) is 2.54. The maximum Gasteiger partial charge on any atom is 0.191 e. The van der Waals surface area contributed by atoms with Crippen LogP contribution in [0.3, 0.4) is 0 Å². The first-order chi connectivity index (χ1) is 12.1. The number of furan rings is 2. The molecular weight excluding hydrogens is 445 g/mol. The summed E-state index contributed by atoms with van der Waals surface area (Å²) in [6, 6.07) is 13.4. The molecule has 0 spiro atoms. The van der Waals surface area contributed by atoms with Crippen molar-refractivity contribution in [3.05, 3.63) is 60.2 Å². The van der Waals surface area contributed by atoms with E-state index in [1.807, 2.05) is 37.3 Å². The van der Waals surface area contributed by atoms with Crippen LogP contribution in [0.5, 0.6) is 0 Å². The molecule has 6 nitrogen and oxygen atoms in total. The van der Waals surface area contributed by atoms with Gasteiger partial charge in [-0.05, 0) is 38.1 Å². The van der Waals surface area contributed by atoms with E-state index < -0.39 is 5.60 Å². The molecule has 0 radical (unpaired) electrons. The van der Waals surface area contributed by atoms with Gasteiger partial charge in [-0.2, -0.15) is 0 Å². The highest BCUT2D eigenvalue weighted by atomic mass is 127. The van der Waals surface area contributed by atoms with Gasteiger partial charge in [0.15, 0.2) is 5.96 Å². The molecule has 0 fully saturated rings. The van der Waals surface area contributed by atoms with Crippen LogP contribution in [-0.2, 0) is 12.1 Å². The van der Waals surface area contributed by atoms with E-state index in [4.69, 9.17) is 8.83 Å². The van der Waals surface area contributed by atoms with Crippen molar-refractivity contribution >= 4 is 40.9 Å². The lowest BCUT2D eigenvalue weighted by Crippen LogP contribution is -2.44. The SMILES string of the molecule is CCNC(=NCc1cc2ccccc2o1)NCC(C)(O)c1ccco1.I. The van der Waals surface area contributed by atoms with Gasteiger partial charge in [0.1, 0.15) is 29.2 Å². The number of aliphatic hydroxyl groups is 1. The smallest absolute Gasteiger partial charge is 0.191 e. The van der Waals surface area contributed by atoms with E-state index in [0.717, 1.165) is 23.3 Å². The van der Waals surface area contributed by atoms with Crippen molar-refractivity contribution in [1.29, 1.82) is 0 Å². The fraction of sp³-hybridized carbons (Fsp3) is 0.316. The lowest BCUT2D eigenvalue weighted by atomic mass is 10.0. The molecule has 26 heavy (non-hydrogen) atoms. The summed E-state index contributed by atoms with van der Waals surface area (Å²) in [5.74, 6) is 1.90. The zero-order chi connectivity index (χ0) is 17.7. The Bertz CT molecular complexity index is 808. The zero-order valence-electron chi connectivity index (χ0n) is 14.9. The molecule has 3 aromatic rings. The van der Waals surface area contributed by atoms with Crippen LogP contribution in [0.2, 0.25) is 0 Å². The van der Waals surface area contributed by atoms with Gasteiger partial charge < -0.3 is 24.6 Å². The van der Waals surface area contributed by atoms with Crippen LogP contribution in [0.4, 0.5) is 0 Å². The van der Waals surface area contributed by atoms with Gasteiger partial charge in [-0.15, -0.1) is 24.0 Å². The maximum absolute atomic E-state index is 10.5. The van der Waals surface area contributed by atoms with E-state index in [2.05, 4.69) is 15.6 Å². The van der Waals surface area contributed by atoms with Crippen LogP contribution < -0.4 is 10.6 Å². The van der Waals surface area contributed by atoms with Gasteiger partial charge >= 0.3 is 0 Å². The summed E-state index contributed by atoms with van der Waals surface area (Å²) in [6.07, 6.45) is 1.55. The van der Waals surface area contributed by atoms with E-state index in [-0.39, 0.29) is 30.5 Å². The average Bonchev–Trinajstić information content (AvgIpc) is 3.26. The predicted octanol–water partition coefficient (Wildman–Crippen LogP) is 3.61. The third kappa shape index (κ3) is 5.01. The van der Waals surface area contributed by atoms with Crippen molar-refractivity contribution in [1.82, 2.24) is 10.6 Å². The standard InChI is InChI=1S/C19H23N3O3.HI/c1-3-20-18(22-13-19(2,23)17-9-6-10-24-17)21-12-15-11-14-7-4-5-8-16(14)25-15;/h4-11,23H,3,12-13H2,1-2H3,(H2,20,21,22);1H. The maximum atomic E-state index is 10.5. The molecule has 0 bridgehead atoms. The largest absolute Gasteiger partial charge is 0.466 e. The summed E-state index contributed by atoms with van der Waals surface area (Å²) < 4.78 is 11.1. The Morgan fingerprint density at radius 1 is 1.19 bits per heavy atom. The third-order valence-corrected chi connectivity index (χ3v) is 3.87. The third-order valence-electron chi connectivity index (χ3n) is 3.87. The number of rotatable bonds is 6. The average molecular weight is 469 g/mol. The highest BCUT2D eigenvalue weighted by Crippen LogP contribution is 2.20. The summed E-state index contributed by atoms with van der Waals surface area (Å²) >= 11 is 0. The molecule has 0 aliphatic rings. The second-order valence-corrected chi connectivity index (χ2v) is 6.05. The second kappa shape index (κ2) is 9.09. The monoisotopic (exact) mass is 469 g/mol. The highest BCUT2D eigenvalue weighted by molar-refractivity contribution is 14.0. The summed E-state index contributed by atoms with van der Waals surface area (Å²) in [7, 11) is 0. The summed E-state index contributed by atoms with van der Waals surface area (Å²) in [5.41, 5.74) is -0.273. The van der Waals surface area contributed by atoms with Crippen molar-refractivity contribution in [3.8, 4) is 0 Å². The Labute approximate surface area is 169 Å². The number of para-hydroxylation sites is 1. The topological polar surface area (TPSA) is 82.9 Å². The van der Waals surface area contributed by atoms with Crippen LogP contribution in [0.15, 0.2) is 62.6 Å². The molecule has 1 unspecified atom stereocenters. The van der Waals surface area contributed by atoms with Crippen LogP contribution in [0.1, 0.15) is 25.4 Å². The molecule has 0 aliphatic heterocycles. The van der Waals surface area contributed by atoms with E-state index in [9.17, 15) is 5.11 Å². The Morgan fingerprint density at radius 3 is 2.69 bits per heavy atom. The Morgan fingerprint density at radius 2 is 2.00 bits per heavy atom. The van der Waals surface area contributed by atoms with E-state index in [1.54, 1.807) is 25.3 Å². The van der Waals surface area contributed by atoms with Crippen LogP contribution >= 0.6 is 24.0 Å². The van der Waals surface area contributed by atoms with Crippen molar-refractivity contribution in [3.63, 3.8) is 0 Å². The minimum Gasteiger partial charge on any atom is -0.466 e. The minimum atomic E-state index is -1.13. The molecule has 1 aromatic carbocycles. The lowest BCUT2D eigenvalue weighted by molar-refractivity contribution is 0.0386. The Balaban J connectivity index is 0.00000243. The van der Waals surface area contributed by atoms with Crippen molar-refractivity contribution < 1.29 is 13.9 Å². The van der Waals surface area contributed by atoms with E-state index >= 15 is 0 Å². The molecule has 0 saturated carbocycles. The number of guanidine groups is 1. The number of benzene rings is 1. The number of halogens is 1. The molecule has 2 heterocycles. The second-order valence-electron chi connectivity index (χ2n) is 6.05. The van der Waals surface area contributed by atoms with Crippen molar-refractivity contribution in [2.24, 2.45) is 4.99 Å². The van der Waals surface area contributed by atoms with Gasteiger partial charge in [-0.1, -0.05) is 18.2 Å². The first-order valence-electron chi connectivity index (χ1n) is 8.34. The Hall–Kier alpha value is -2.00. The van der Waals surface area contributed by atoms with E-state index in [0.29, 0.717) is 18.3 Å². The number of nitrogens with zero attached hydrogens (tertiary/aromatic N) is 1.